The Labute approximate surface area is 238 Å². The first-order valence-corrected chi connectivity index (χ1v) is 13.8. The molecule has 3 heterocycles. The zero-order valence-corrected chi connectivity index (χ0v) is 23.1. The molecule has 8 heteroatoms. The van der Waals surface area contributed by atoms with Crippen molar-refractivity contribution in [3.63, 3.8) is 0 Å². The highest BCUT2D eigenvalue weighted by Crippen LogP contribution is 2.47. The second kappa shape index (κ2) is 11.6. The van der Waals surface area contributed by atoms with Crippen LogP contribution in [-0.4, -0.2) is 53.9 Å². The molecule has 0 radical (unpaired) electrons. The number of aromatic hydroxyl groups is 1. The predicted molar refractivity (Wildman–Crippen MR) is 155 cm³/mol. The SMILES string of the molecule is CCOC(=O)c1c(C)oc2c1c(C(c1ccnc(OCc3ccccc3)c1)N1CCOCC1)c(O)c1ccccc12. The lowest BCUT2D eigenvalue weighted by Gasteiger charge is -2.36. The van der Waals surface area contributed by atoms with Crippen molar-refractivity contribution < 1.29 is 28.5 Å². The number of carbonyl (C=O) groups is 1. The summed E-state index contributed by atoms with van der Waals surface area (Å²) in [6.07, 6.45) is 1.71. The number of morpholine rings is 1. The lowest BCUT2D eigenvalue weighted by atomic mass is 9.89. The van der Waals surface area contributed by atoms with Gasteiger partial charge in [-0.2, -0.15) is 0 Å². The first-order chi connectivity index (χ1) is 20.1. The Hall–Kier alpha value is -4.40. The van der Waals surface area contributed by atoms with E-state index >= 15 is 0 Å². The third kappa shape index (κ3) is 5.12. The third-order valence-corrected chi connectivity index (χ3v) is 7.50. The van der Waals surface area contributed by atoms with Crippen LogP contribution < -0.4 is 4.74 Å². The van der Waals surface area contributed by atoms with Crippen molar-refractivity contribution >= 4 is 27.7 Å². The minimum atomic E-state index is -0.484. The number of ether oxygens (including phenoxy) is 3. The van der Waals surface area contributed by atoms with Gasteiger partial charge in [0.25, 0.3) is 0 Å². The molecule has 2 aromatic heterocycles. The summed E-state index contributed by atoms with van der Waals surface area (Å²) in [4.78, 5) is 20.0. The molecule has 1 aliphatic rings. The number of fused-ring (bicyclic) bond motifs is 3. The molecule has 210 valence electrons. The van der Waals surface area contributed by atoms with E-state index in [1.165, 1.54) is 0 Å². The molecule has 1 atom stereocenters. The summed E-state index contributed by atoms with van der Waals surface area (Å²) < 4.78 is 23.5. The van der Waals surface area contributed by atoms with Gasteiger partial charge in [-0.25, -0.2) is 9.78 Å². The van der Waals surface area contributed by atoms with E-state index < -0.39 is 12.0 Å². The number of rotatable bonds is 8. The molecule has 1 fully saturated rings. The van der Waals surface area contributed by atoms with Gasteiger partial charge in [-0.15, -0.1) is 0 Å². The van der Waals surface area contributed by atoms with Gasteiger partial charge in [-0.1, -0.05) is 54.6 Å². The van der Waals surface area contributed by atoms with Gasteiger partial charge in [0.15, 0.2) is 0 Å². The second-order valence-corrected chi connectivity index (χ2v) is 10.0. The molecule has 6 rings (SSSR count). The first kappa shape index (κ1) is 26.8. The van der Waals surface area contributed by atoms with Crippen molar-refractivity contribution in [3.05, 3.63) is 101 Å². The van der Waals surface area contributed by atoms with Crippen LogP contribution in [0.15, 0.2) is 77.3 Å². The summed E-state index contributed by atoms with van der Waals surface area (Å²) in [5.41, 5.74) is 3.35. The van der Waals surface area contributed by atoms with E-state index in [9.17, 15) is 9.90 Å². The van der Waals surface area contributed by atoms with Crippen LogP contribution in [0.4, 0.5) is 0 Å². The molecule has 0 saturated carbocycles. The summed E-state index contributed by atoms with van der Waals surface area (Å²) in [7, 11) is 0. The smallest absolute Gasteiger partial charge is 0.342 e. The number of benzene rings is 3. The molecule has 5 aromatic rings. The quantitative estimate of drug-likeness (QED) is 0.228. The molecule has 0 bridgehead atoms. The minimum Gasteiger partial charge on any atom is -0.507 e. The van der Waals surface area contributed by atoms with E-state index in [4.69, 9.17) is 18.6 Å². The molecule has 1 saturated heterocycles. The highest BCUT2D eigenvalue weighted by molar-refractivity contribution is 6.16. The molecule has 8 nitrogen and oxygen atoms in total. The van der Waals surface area contributed by atoms with Crippen LogP contribution >= 0.6 is 0 Å². The number of phenolic OH excluding ortho intramolecular Hbond substituents is 1. The summed E-state index contributed by atoms with van der Waals surface area (Å²) in [6.45, 7) is 6.48. The number of esters is 1. The monoisotopic (exact) mass is 552 g/mol. The Balaban J connectivity index is 1.56. The van der Waals surface area contributed by atoms with Crippen LogP contribution in [0.3, 0.4) is 0 Å². The summed E-state index contributed by atoms with van der Waals surface area (Å²) in [5, 5.41) is 13.9. The van der Waals surface area contributed by atoms with Crippen LogP contribution in [0.5, 0.6) is 11.6 Å². The van der Waals surface area contributed by atoms with E-state index in [2.05, 4.69) is 9.88 Å². The van der Waals surface area contributed by atoms with Gasteiger partial charge in [0.05, 0.1) is 25.9 Å². The van der Waals surface area contributed by atoms with Crippen LogP contribution in [0.2, 0.25) is 0 Å². The van der Waals surface area contributed by atoms with Gasteiger partial charge in [0.1, 0.15) is 29.3 Å². The van der Waals surface area contributed by atoms with E-state index in [0.29, 0.717) is 72.0 Å². The Morgan fingerprint density at radius 3 is 2.54 bits per heavy atom. The lowest BCUT2D eigenvalue weighted by molar-refractivity contribution is 0.0237. The summed E-state index contributed by atoms with van der Waals surface area (Å²) in [6, 6.07) is 20.8. The third-order valence-electron chi connectivity index (χ3n) is 7.50. The maximum Gasteiger partial charge on any atom is 0.342 e. The van der Waals surface area contributed by atoms with E-state index in [0.717, 1.165) is 16.5 Å². The minimum absolute atomic E-state index is 0.0968. The number of phenols is 1. The average molecular weight is 553 g/mol. The zero-order chi connectivity index (χ0) is 28.3. The topological polar surface area (TPSA) is 94.3 Å². The van der Waals surface area contributed by atoms with E-state index in [1.54, 1.807) is 20.0 Å². The fourth-order valence-electron chi connectivity index (χ4n) is 5.66. The maximum atomic E-state index is 13.3. The van der Waals surface area contributed by atoms with Gasteiger partial charge in [0.2, 0.25) is 5.88 Å². The van der Waals surface area contributed by atoms with Crippen molar-refractivity contribution in [2.75, 3.05) is 32.9 Å². The second-order valence-electron chi connectivity index (χ2n) is 10.0. The number of pyridine rings is 1. The van der Waals surface area contributed by atoms with Gasteiger partial charge < -0.3 is 23.7 Å². The van der Waals surface area contributed by atoms with Gasteiger partial charge >= 0.3 is 5.97 Å². The fourth-order valence-corrected chi connectivity index (χ4v) is 5.66. The Kier molecular flexibility index (Phi) is 7.59. The number of hydrogen-bond acceptors (Lipinski definition) is 8. The summed E-state index contributed by atoms with van der Waals surface area (Å²) in [5.74, 6) is 0.523. The zero-order valence-electron chi connectivity index (χ0n) is 23.1. The molecule has 0 spiro atoms. The molecule has 1 aliphatic heterocycles. The Morgan fingerprint density at radius 2 is 1.78 bits per heavy atom. The van der Waals surface area contributed by atoms with Crippen molar-refractivity contribution in [2.24, 2.45) is 0 Å². The molecular formula is C33H32N2O6. The molecule has 41 heavy (non-hydrogen) atoms. The van der Waals surface area contributed by atoms with Crippen molar-refractivity contribution in [1.29, 1.82) is 0 Å². The van der Waals surface area contributed by atoms with E-state index in [-0.39, 0.29) is 12.4 Å². The van der Waals surface area contributed by atoms with Crippen molar-refractivity contribution in [2.45, 2.75) is 26.5 Å². The Morgan fingerprint density at radius 1 is 1.05 bits per heavy atom. The Bertz CT molecular complexity index is 1690. The van der Waals surface area contributed by atoms with Crippen molar-refractivity contribution in [3.8, 4) is 11.6 Å². The van der Waals surface area contributed by atoms with Crippen LogP contribution in [0.25, 0.3) is 21.7 Å². The maximum absolute atomic E-state index is 13.3. The molecule has 0 amide bonds. The molecule has 0 aliphatic carbocycles. The predicted octanol–water partition coefficient (Wildman–Crippen LogP) is 6.17. The number of furan rings is 1. The number of hydrogen-bond donors (Lipinski definition) is 1. The molecule has 1 N–H and O–H groups in total. The highest BCUT2D eigenvalue weighted by Gasteiger charge is 2.34. The molecular weight excluding hydrogens is 520 g/mol. The van der Waals surface area contributed by atoms with Crippen LogP contribution in [0, 0.1) is 6.92 Å². The lowest BCUT2D eigenvalue weighted by Crippen LogP contribution is -2.39. The number of carbonyl (C=O) groups excluding carboxylic acids is 1. The standard InChI is InChI=1S/C33H32N2O6/c1-3-39-33(37)27-21(2)41-32-25-12-8-7-11-24(25)31(36)29(28(27)32)30(35-15-17-38-18-16-35)23-13-14-34-26(19-23)40-20-22-9-5-4-6-10-22/h4-14,19,30,36H,3,15-18,20H2,1-2H3. The average Bonchev–Trinajstić information content (AvgIpc) is 3.36. The molecule has 3 aromatic carbocycles. The van der Waals surface area contributed by atoms with Crippen LogP contribution in [0.1, 0.15) is 45.8 Å². The van der Waals surface area contributed by atoms with Gasteiger partial charge in [-0.05, 0) is 31.0 Å². The fraction of sp³-hybridized carbons (Fsp3) is 0.273. The van der Waals surface area contributed by atoms with Crippen LogP contribution in [-0.2, 0) is 16.1 Å². The number of aromatic nitrogens is 1. The first-order valence-electron chi connectivity index (χ1n) is 13.8. The van der Waals surface area contributed by atoms with Gasteiger partial charge in [0, 0.05) is 47.1 Å². The van der Waals surface area contributed by atoms with Crippen molar-refractivity contribution in [1.82, 2.24) is 9.88 Å². The van der Waals surface area contributed by atoms with Gasteiger partial charge in [-0.3, -0.25) is 4.90 Å². The summed E-state index contributed by atoms with van der Waals surface area (Å²) >= 11 is 0. The van der Waals surface area contributed by atoms with E-state index in [1.807, 2.05) is 66.7 Å². The molecule has 1 unspecified atom stereocenters. The number of aryl methyl sites for hydroxylation is 1. The normalized spacial score (nSPS) is 14.8. The largest absolute Gasteiger partial charge is 0.507 e. The highest BCUT2D eigenvalue weighted by atomic mass is 16.5. The number of nitrogens with zero attached hydrogens (tertiary/aromatic N) is 2.